The molecule has 0 aliphatic rings. The van der Waals surface area contributed by atoms with Crippen LogP contribution in [0.15, 0.2) is 59.7 Å². The summed E-state index contributed by atoms with van der Waals surface area (Å²) in [5.74, 6) is 0. The lowest BCUT2D eigenvalue weighted by Crippen LogP contribution is -1.86. The van der Waals surface area contributed by atoms with Crippen molar-refractivity contribution < 1.29 is 0 Å². The molecule has 0 amide bonds. The molecule has 0 spiro atoms. The van der Waals surface area contributed by atoms with Crippen LogP contribution in [0.4, 0.5) is 5.69 Å². The van der Waals surface area contributed by atoms with Gasteiger partial charge in [-0.25, -0.2) is 0 Å². The molecule has 3 nitrogen and oxygen atoms in total. The van der Waals surface area contributed by atoms with E-state index in [2.05, 4.69) is 22.2 Å². The molecule has 0 unspecified atom stereocenters. The van der Waals surface area contributed by atoms with Gasteiger partial charge in [-0.2, -0.15) is 0 Å². The fourth-order valence-electron chi connectivity index (χ4n) is 1.56. The predicted octanol–water partition coefficient (Wildman–Crippen LogP) is 4.86. The molecule has 0 aromatic heterocycles. The zero-order valence-electron chi connectivity index (χ0n) is 8.74. The van der Waals surface area contributed by atoms with E-state index in [1.165, 1.54) is 11.1 Å². The molecule has 2 aromatic carbocycles. The Morgan fingerprint density at radius 3 is 2.06 bits per heavy atom. The summed E-state index contributed by atoms with van der Waals surface area (Å²) in [4.78, 5) is 2.74. The third-order valence-corrected chi connectivity index (χ3v) is 2.35. The van der Waals surface area contributed by atoms with Crippen molar-refractivity contribution in [1.82, 2.24) is 0 Å². The highest BCUT2D eigenvalue weighted by Crippen LogP contribution is 2.15. The summed E-state index contributed by atoms with van der Waals surface area (Å²) in [6.07, 6.45) is 0.900. The van der Waals surface area contributed by atoms with Crippen LogP contribution >= 0.6 is 0 Å². The molecule has 86 valence electrons. The number of rotatable bonds is 3. The molecule has 2 aromatic rings. The van der Waals surface area contributed by atoms with Gasteiger partial charge in [-0.1, -0.05) is 67.1 Å². The molecule has 0 saturated heterocycles. The lowest BCUT2D eigenvalue weighted by molar-refractivity contribution is 1.19. The van der Waals surface area contributed by atoms with Gasteiger partial charge in [0, 0.05) is 10.6 Å². The molecule has 0 heterocycles. The van der Waals surface area contributed by atoms with Crippen LogP contribution in [0.5, 0.6) is 0 Å². The van der Waals surface area contributed by atoms with Crippen LogP contribution in [0.2, 0.25) is 0 Å². The van der Waals surface area contributed by atoms with E-state index in [-0.39, 0.29) is 7.43 Å². The molecule has 3 heteroatoms. The SMILES string of the molecule is C.[N-]=[N+]=Nc1ccc(Cc2ccccc2)cc1. The topological polar surface area (TPSA) is 48.8 Å². The van der Waals surface area contributed by atoms with Crippen LogP contribution in [-0.2, 0) is 6.42 Å². The summed E-state index contributed by atoms with van der Waals surface area (Å²) >= 11 is 0. The molecule has 0 bridgehead atoms. The second-order valence-electron chi connectivity index (χ2n) is 3.52. The summed E-state index contributed by atoms with van der Waals surface area (Å²) in [6.45, 7) is 0. The molecule has 0 fully saturated rings. The first-order valence-electron chi connectivity index (χ1n) is 5.06. The van der Waals surface area contributed by atoms with E-state index in [0.29, 0.717) is 5.69 Å². The first-order chi connectivity index (χ1) is 7.88. The average Bonchev–Trinajstić information content (AvgIpc) is 2.33. The maximum Gasteiger partial charge on any atom is 0.0375 e. The summed E-state index contributed by atoms with van der Waals surface area (Å²) < 4.78 is 0. The highest BCUT2D eigenvalue weighted by molar-refractivity contribution is 5.39. The van der Waals surface area contributed by atoms with E-state index in [9.17, 15) is 0 Å². The van der Waals surface area contributed by atoms with Gasteiger partial charge in [-0.15, -0.1) is 0 Å². The highest BCUT2D eigenvalue weighted by atomic mass is 15.1. The second-order valence-corrected chi connectivity index (χ2v) is 3.52. The van der Waals surface area contributed by atoms with Gasteiger partial charge in [0.05, 0.1) is 0 Å². The van der Waals surface area contributed by atoms with Gasteiger partial charge in [0.1, 0.15) is 0 Å². The Morgan fingerprint density at radius 2 is 1.47 bits per heavy atom. The van der Waals surface area contributed by atoms with Crippen LogP contribution in [-0.4, -0.2) is 0 Å². The smallest absolute Gasteiger partial charge is 0.0375 e. The Morgan fingerprint density at radius 1 is 0.882 bits per heavy atom. The molecular weight excluding hydrogens is 210 g/mol. The van der Waals surface area contributed by atoms with E-state index in [1.54, 1.807) is 0 Å². The molecule has 0 saturated carbocycles. The fraction of sp³-hybridized carbons (Fsp3) is 0.143. The van der Waals surface area contributed by atoms with Crippen LogP contribution in [0, 0.1) is 0 Å². The molecule has 0 aliphatic carbocycles. The monoisotopic (exact) mass is 225 g/mol. The van der Waals surface area contributed by atoms with Gasteiger partial charge < -0.3 is 0 Å². The van der Waals surface area contributed by atoms with Gasteiger partial charge in [0.25, 0.3) is 0 Å². The van der Waals surface area contributed by atoms with Crippen molar-refractivity contribution >= 4 is 5.69 Å². The number of hydrogen-bond acceptors (Lipinski definition) is 1. The zero-order valence-corrected chi connectivity index (χ0v) is 8.74. The molecule has 0 atom stereocenters. The predicted molar refractivity (Wildman–Crippen MR) is 71.2 cm³/mol. The maximum absolute atomic E-state index is 8.28. The number of hydrogen-bond donors (Lipinski definition) is 0. The van der Waals surface area contributed by atoms with Crippen LogP contribution in [0.25, 0.3) is 10.4 Å². The van der Waals surface area contributed by atoms with Gasteiger partial charge >= 0.3 is 0 Å². The molecular formula is C14H15N3. The van der Waals surface area contributed by atoms with Gasteiger partial charge in [-0.05, 0) is 23.1 Å². The minimum Gasteiger partial charge on any atom is -0.0776 e. The first kappa shape index (κ1) is 12.8. The van der Waals surface area contributed by atoms with Crippen molar-refractivity contribution in [3.63, 3.8) is 0 Å². The lowest BCUT2D eigenvalue weighted by Gasteiger charge is -2.01. The fourth-order valence-corrected chi connectivity index (χ4v) is 1.56. The first-order valence-corrected chi connectivity index (χ1v) is 5.06. The van der Waals surface area contributed by atoms with E-state index in [0.717, 1.165) is 6.42 Å². The van der Waals surface area contributed by atoms with Crippen molar-refractivity contribution in [1.29, 1.82) is 0 Å². The Kier molecular flexibility index (Phi) is 4.79. The minimum atomic E-state index is 0. The van der Waals surface area contributed by atoms with Gasteiger partial charge in [0.15, 0.2) is 0 Å². The lowest BCUT2D eigenvalue weighted by atomic mass is 10.1. The minimum absolute atomic E-state index is 0. The highest BCUT2D eigenvalue weighted by Gasteiger charge is 1.95. The van der Waals surface area contributed by atoms with Crippen molar-refractivity contribution in [3.05, 3.63) is 76.2 Å². The number of nitrogens with zero attached hydrogens (tertiary/aromatic N) is 3. The molecule has 17 heavy (non-hydrogen) atoms. The summed E-state index contributed by atoms with van der Waals surface area (Å²) in [7, 11) is 0. The molecule has 2 rings (SSSR count). The Labute approximate surface area is 101 Å². The van der Waals surface area contributed by atoms with Crippen LogP contribution in [0.1, 0.15) is 18.6 Å². The summed E-state index contributed by atoms with van der Waals surface area (Å²) in [5.41, 5.74) is 11.4. The largest absolute Gasteiger partial charge is 0.0776 e. The van der Waals surface area contributed by atoms with Gasteiger partial charge in [0.2, 0.25) is 0 Å². The standard InChI is InChI=1S/C13H11N3.CH4/c14-16-15-13-8-6-12(7-9-13)10-11-4-2-1-3-5-11;/h1-9H,10H2;1H4. The van der Waals surface area contributed by atoms with Crippen molar-refractivity contribution in [3.8, 4) is 0 Å². The zero-order chi connectivity index (χ0) is 11.2. The summed E-state index contributed by atoms with van der Waals surface area (Å²) in [6, 6.07) is 17.9. The van der Waals surface area contributed by atoms with Crippen LogP contribution in [0.3, 0.4) is 0 Å². The number of azide groups is 1. The Hall–Kier alpha value is -2.25. The average molecular weight is 225 g/mol. The maximum atomic E-state index is 8.28. The summed E-state index contributed by atoms with van der Waals surface area (Å²) in [5, 5.41) is 3.54. The van der Waals surface area contributed by atoms with Crippen molar-refractivity contribution in [2.75, 3.05) is 0 Å². The number of benzene rings is 2. The Bertz CT molecular complexity index is 497. The van der Waals surface area contributed by atoms with E-state index >= 15 is 0 Å². The quantitative estimate of drug-likeness (QED) is 0.407. The van der Waals surface area contributed by atoms with E-state index < -0.39 is 0 Å². The van der Waals surface area contributed by atoms with Crippen molar-refractivity contribution in [2.45, 2.75) is 13.8 Å². The molecule has 0 aliphatic heterocycles. The third kappa shape index (κ3) is 3.67. The van der Waals surface area contributed by atoms with Gasteiger partial charge in [-0.3, -0.25) is 0 Å². The van der Waals surface area contributed by atoms with E-state index in [4.69, 9.17) is 5.53 Å². The molecule has 0 radical (unpaired) electrons. The second kappa shape index (κ2) is 6.36. The normalized spacial score (nSPS) is 8.94. The third-order valence-electron chi connectivity index (χ3n) is 2.35. The Balaban J connectivity index is 0.00000144. The van der Waals surface area contributed by atoms with E-state index in [1.807, 2.05) is 42.5 Å². The van der Waals surface area contributed by atoms with Crippen LogP contribution < -0.4 is 0 Å². The van der Waals surface area contributed by atoms with Crippen molar-refractivity contribution in [2.24, 2.45) is 5.11 Å². The molecule has 0 N–H and O–H groups in total.